The number of rotatable bonds is 4. The van der Waals surface area contributed by atoms with E-state index in [4.69, 9.17) is 4.74 Å². The van der Waals surface area contributed by atoms with Crippen molar-refractivity contribution < 1.29 is 29.6 Å². The van der Waals surface area contributed by atoms with Crippen LogP contribution in [0, 0.1) is 0 Å². The van der Waals surface area contributed by atoms with Crippen LogP contribution in [0.4, 0.5) is 0 Å². The van der Waals surface area contributed by atoms with E-state index in [9.17, 15) is 20.1 Å². The van der Waals surface area contributed by atoms with Gasteiger partial charge in [0.05, 0.1) is 14.2 Å². The molecule has 0 fully saturated rings. The second-order valence-electron chi connectivity index (χ2n) is 4.68. The largest absolute Gasteiger partial charge is 0.507 e. The Bertz CT molecular complexity index is 764. The van der Waals surface area contributed by atoms with Gasteiger partial charge in [0, 0.05) is 6.07 Å². The smallest absolute Gasteiger partial charge is 0.342 e. The monoisotopic (exact) mass is 316 g/mol. The van der Waals surface area contributed by atoms with E-state index in [2.05, 4.69) is 4.74 Å². The maximum atomic E-state index is 11.8. The van der Waals surface area contributed by atoms with Crippen LogP contribution >= 0.6 is 0 Å². The maximum absolute atomic E-state index is 11.8. The number of benzene rings is 2. The molecule has 2 aromatic carbocycles. The van der Waals surface area contributed by atoms with Gasteiger partial charge in [0.15, 0.2) is 11.5 Å². The molecule has 0 atom stereocenters. The first kappa shape index (κ1) is 16.2. The van der Waals surface area contributed by atoms with Crippen molar-refractivity contribution in [1.29, 1.82) is 0 Å². The molecule has 23 heavy (non-hydrogen) atoms. The van der Waals surface area contributed by atoms with Crippen LogP contribution < -0.4 is 4.74 Å². The number of aromatic hydroxyl groups is 3. The second-order valence-corrected chi connectivity index (χ2v) is 4.68. The fourth-order valence-electron chi connectivity index (χ4n) is 2.03. The van der Waals surface area contributed by atoms with Gasteiger partial charge in [-0.1, -0.05) is 18.2 Å². The Morgan fingerprint density at radius 1 is 0.957 bits per heavy atom. The number of carbonyl (C=O) groups excluding carboxylic acids is 1. The minimum absolute atomic E-state index is 0.00699. The zero-order chi connectivity index (χ0) is 17.0. The summed E-state index contributed by atoms with van der Waals surface area (Å²) in [5.74, 6) is -1.05. The highest BCUT2D eigenvalue weighted by Crippen LogP contribution is 2.31. The summed E-state index contributed by atoms with van der Waals surface area (Å²) in [6.45, 7) is 0. The Labute approximate surface area is 132 Å². The molecule has 0 amide bonds. The number of hydrogen-bond acceptors (Lipinski definition) is 6. The first-order valence-electron chi connectivity index (χ1n) is 6.65. The normalized spacial score (nSPS) is 10.7. The fourth-order valence-corrected chi connectivity index (χ4v) is 2.03. The molecule has 3 N–H and O–H groups in total. The van der Waals surface area contributed by atoms with Gasteiger partial charge in [0.2, 0.25) is 0 Å². The van der Waals surface area contributed by atoms with Crippen molar-refractivity contribution in [3.8, 4) is 23.0 Å². The topological polar surface area (TPSA) is 96.2 Å². The molecule has 0 aliphatic carbocycles. The standard InChI is InChI=1S/C17H16O6/c1-22-12-8-11(16(15(20)9-12)17(21)23-2)5-3-10-4-6-13(18)14(19)7-10/h3-9,18-20H,1-2H3/b5-3-. The fraction of sp³-hybridized carbons (Fsp3) is 0.118. The van der Waals surface area contributed by atoms with Gasteiger partial charge >= 0.3 is 5.97 Å². The lowest BCUT2D eigenvalue weighted by molar-refractivity contribution is 0.0597. The number of carbonyl (C=O) groups is 1. The van der Waals surface area contributed by atoms with Crippen LogP contribution in [0.25, 0.3) is 12.2 Å². The third kappa shape index (κ3) is 3.55. The number of ether oxygens (including phenoxy) is 2. The average Bonchev–Trinajstić information content (AvgIpc) is 2.54. The lowest BCUT2D eigenvalue weighted by Gasteiger charge is -2.09. The van der Waals surface area contributed by atoms with E-state index >= 15 is 0 Å². The SMILES string of the molecule is COC(=O)c1c(O)cc(OC)cc1/C=C\c1ccc(O)c(O)c1. The molecule has 0 spiro atoms. The summed E-state index contributed by atoms with van der Waals surface area (Å²) in [6, 6.07) is 7.19. The van der Waals surface area contributed by atoms with E-state index in [1.54, 1.807) is 24.3 Å². The van der Waals surface area contributed by atoms with Crippen LogP contribution in [0.5, 0.6) is 23.0 Å². The van der Waals surface area contributed by atoms with E-state index in [1.807, 2.05) is 0 Å². The lowest BCUT2D eigenvalue weighted by atomic mass is 10.0. The van der Waals surface area contributed by atoms with E-state index in [1.165, 1.54) is 32.4 Å². The average molecular weight is 316 g/mol. The molecule has 0 heterocycles. The molecule has 0 saturated heterocycles. The zero-order valence-electron chi connectivity index (χ0n) is 12.6. The van der Waals surface area contributed by atoms with Crippen molar-refractivity contribution in [3.05, 3.63) is 47.0 Å². The molecule has 0 bridgehead atoms. The predicted molar refractivity (Wildman–Crippen MR) is 84.7 cm³/mol. The Balaban J connectivity index is 2.48. The Hall–Kier alpha value is -3.15. The van der Waals surface area contributed by atoms with Crippen molar-refractivity contribution >= 4 is 18.1 Å². The minimum Gasteiger partial charge on any atom is -0.507 e. The van der Waals surface area contributed by atoms with Crippen LogP contribution in [0.15, 0.2) is 30.3 Å². The molecule has 6 heteroatoms. The third-order valence-electron chi connectivity index (χ3n) is 3.20. The Morgan fingerprint density at radius 2 is 1.70 bits per heavy atom. The third-order valence-corrected chi connectivity index (χ3v) is 3.20. The Morgan fingerprint density at radius 3 is 2.30 bits per heavy atom. The number of phenolic OH excluding ortho intramolecular Hbond substituents is 3. The van der Waals surface area contributed by atoms with E-state index in [-0.39, 0.29) is 22.8 Å². The van der Waals surface area contributed by atoms with Crippen molar-refractivity contribution in [2.45, 2.75) is 0 Å². The van der Waals surface area contributed by atoms with Crippen LogP contribution in [0.3, 0.4) is 0 Å². The van der Waals surface area contributed by atoms with Gasteiger partial charge < -0.3 is 24.8 Å². The van der Waals surface area contributed by atoms with Crippen LogP contribution in [-0.2, 0) is 4.74 Å². The number of methoxy groups -OCH3 is 2. The molecular formula is C17H16O6. The summed E-state index contributed by atoms with van der Waals surface area (Å²) in [4.78, 5) is 11.8. The number of phenols is 3. The summed E-state index contributed by atoms with van der Waals surface area (Å²) in [7, 11) is 2.66. The molecular weight excluding hydrogens is 300 g/mol. The summed E-state index contributed by atoms with van der Waals surface area (Å²) >= 11 is 0. The van der Waals surface area contributed by atoms with Crippen LogP contribution in [0.1, 0.15) is 21.5 Å². The van der Waals surface area contributed by atoms with Crippen LogP contribution in [-0.4, -0.2) is 35.5 Å². The van der Waals surface area contributed by atoms with Gasteiger partial charge in [-0.15, -0.1) is 0 Å². The van der Waals surface area contributed by atoms with Gasteiger partial charge in [0.25, 0.3) is 0 Å². The van der Waals surface area contributed by atoms with Gasteiger partial charge in [-0.3, -0.25) is 0 Å². The summed E-state index contributed by atoms with van der Waals surface area (Å²) in [5, 5.41) is 28.8. The highest BCUT2D eigenvalue weighted by Gasteiger charge is 2.17. The molecule has 0 aliphatic heterocycles. The van der Waals surface area contributed by atoms with Crippen molar-refractivity contribution in [1.82, 2.24) is 0 Å². The predicted octanol–water partition coefficient (Wildman–Crippen LogP) is 2.77. The van der Waals surface area contributed by atoms with E-state index in [0.29, 0.717) is 16.9 Å². The summed E-state index contributed by atoms with van der Waals surface area (Å²) in [6.07, 6.45) is 3.18. The van der Waals surface area contributed by atoms with Crippen molar-refractivity contribution in [2.24, 2.45) is 0 Å². The molecule has 120 valence electrons. The molecule has 0 saturated carbocycles. The first-order chi connectivity index (χ1) is 11.0. The molecule has 0 aliphatic rings. The van der Waals surface area contributed by atoms with Gasteiger partial charge in [-0.2, -0.15) is 0 Å². The molecule has 0 unspecified atom stereocenters. The zero-order valence-corrected chi connectivity index (χ0v) is 12.6. The van der Waals surface area contributed by atoms with Crippen molar-refractivity contribution in [3.63, 3.8) is 0 Å². The van der Waals surface area contributed by atoms with Gasteiger partial charge in [-0.05, 0) is 29.3 Å². The molecule has 0 aromatic heterocycles. The lowest BCUT2D eigenvalue weighted by Crippen LogP contribution is -2.04. The van der Waals surface area contributed by atoms with Gasteiger partial charge in [-0.25, -0.2) is 4.79 Å². The molecule has 2 rings (SSSR count). The summed E-state index contributed by atoms with van der Waals surface area (Å²) in [5.41, 5.74) is 0.993. The van der Waals surface area contributed by atoms with E-state index in [0.717, 1.165) is 0 Å². The Kier molecular flexibility index (Phi) is 4.75. The second kappa shape index (κ2) is 6.74. The quantitative estimate of drug-likeness (QED) is 0.456. The molecule has 6 nitrogen and oxygen atoms in total. The molecule has 0 radical (unpaired) electrons. The molecule has 2 aromatic rings. The van der Waals surface area contributed by atoms with Crippen LogP contribution in [0.2, 0.25) is 0 Å². The highest BCUT2D eigenvalue weighted by molar-refractivity contribution is 5.98. The minimum atomic E-state index is -0.682. The van der Waals surface area contributed by atoms with Crippen molar-refractivity contribution in [2.75, 3.05) is 14.2 Å². The summed E-state index contributed by atoms with van der Waals surface area (Å²) < 4.78 is 9.74. The number of esters is 1. The maximum Gasteiger partial charge on any atom is 0.342 e. The highest BCUT2D eigenvalue weighted by atomic mass is 16.5. The van der Waals surface area contributed by atoms with Gasteiger partial charge in [0.1, 0.15) is 17.1 Å². The first-order valence-corrected chi connectivity index (χ1v) is 6.65. The van der Waals surface area contributed by atoms with E-state index < -0.39 is 5.97 Å². The number of hydrogen-bond donors (Lipinski definition) is 3.